The molecular formula is C33H40O6. The average molecular weight is 533 g/mol. The lowest BCUT2D eigenvalue weighted by Crippen LogP contribution is -2.58. The van der Waals surface area contributed by atoms with Crippen LogP contribution in [0.3, 0.4) is 0 Å². The van der Waals surface area contributed by atoms with Crippen molar-refractivity contribution < 1.29 is 29.2 Å². The molecule has 0 aromatic heterocycles. The van der Waals surface area contributed by atoms with Crippen molar-refractivity contribution in [3.8, 4) is 0 Å². The van der Waals surface area contributed by atoms with E-state index in [0.717, 1.165) is 49.7 Å². The van der Waals surface area contributed by atoms with E-state index in [0.29, 0.717) is 24.2 Å². The van der Waals surface area contributed by atoms with Crippen LogP contribution < -0.4 is 0 Å². The molecule has 0 amide bonds. The molecule has 3 fully saturated rings. The number of hydrogen-bond acceptors (Lipinski definition) is 6. The number of benzene rings is 3. The molecule has 2 N–H and O–H groups in total. The van der Waals surface area contributed by atoms with Crippen molar-refractivity contribution in [1.82, 2.24) is 0 Å². The summed E-state index contributed by atoms with van der Waals surface area (Å²) < 4.78 is 20.5. The molecule has 4 unspecified atom stereocenters. The Bertz CT molecular complexity index is 1190. The molecule has 4 atom stereocenters. The van der Waals surface area contributed by atoms with E-state index in [2.05, 4.69) is 26.0 Å². The smallest absolute Gasteiger partial charge is 0.200 e. The summed E-state index contributed by atoms with van der Waals surface area (Å²) in [6.07, 6.45) is 1.62. The third-order valence-electron chi connectivity index (χ3n) is 8.45. The van der Waals surface area contributed by atoms with E-state index in [1.165, 1.54) is 0 Å². The van der Waals surface area contributed by atoms with E-state index in [9.17, 15) is 10.2 Å². The minimum absolute atomic E-state index is 0.159. The third kappa shape index (κ3) is 6.27. The molecule has 0 bridgehead atoms. The molecule has 208 valence electrons. The number of epoxide rings is 3. The van der Waals surface area contributed by atoms with Crippen LogP contribution in [0.15, 0.2) is 84.9 Å². The Labute approximate surface area is 231 Å². The topological polar surface area (TPSA) is 87.3 Å². The summed E-state index contributed by atoms with van der Waals surface area (Å²) in [6.45, 7) is 10.1. The largest absolute Gasteiger partial charge is 0.376 e. The van der Waals surface area contributed by atoms with E-state index < -0.39 is 16.6 Å². The zero-order valence-electron chi connectivity index (χ0n) is 23.1. The molecule has 3 aliphatic rings. The van der Waals surface area contributed by atoms with Crippen LogP contribution in [0.5, 0.6) is 0 Å². The van der Waals surface area contributed by atoms with Gasteiger partial charge in [-0.1, -0.05) is 98.8 Å². The van der Waals surface area contributed by atoms with Crippen molar-refractivity contribution in [3.63, 3.8) is 0 Å². The van der Waals surface area contributed by atoms with Gasteiger partial charge in [0.05, 0.1) is 44.6 Å². The summed E-state index contributed by atoms with van der Waals surface area (Å²) in [7, 11) is 0. The molecule has 0 spiro atoms. The molecule has 3 aromatic carbocycles. The number of ether oxygens (including phenoxy) is 4. The second-order valence-corrected chi connectivity index (χ2v) is 11.4. The minimum atomic E-state index is -2.11. The summed E-state index contributed by atoms with van der Waals surface area (Å²) in [5.74, 6) is -2.11. The molecule has 3 aromatic rings. The van der Waals surface area contributed by atoms with Gasteiger partial charge >= 0.3 is 0 Å². The van der Waals surface area contributed by atoms with Crippen molar-refractivity contribution in [3.05, 3.63) is 107 Å². The summed E-state index contributed by atoms with van der Waals surface area (Å²) in [4.78, 5) is 0. The van der Waals surface area contributed by atoms with Gasteiger partial charge in [0.2, 0.25) is 5.79 Å². The fourth-order valence-corrected chi connectivity index (χ4v) is 5.31. The van der Waals surface area contributed by atoms with Gasteiger partial charge in [0.1, 0.15) is 12.2 Å². The lowest BCUT2D eigenvalue weighted by atomic mass is 9.54. The van der Waals surface area contributed by atoms with Gasteiger partial charge in [0.15, 0.2) is 0 Å². The molecule has 6 nitrogen and oxygen atoms in total. The Morgan fingerprint density at radius 1 is 0.667 bits per heavy atom. The zero-order valence-corrected chi connectivity index (χ0v) is 23.1. The van der Waals surface area contributed by atoms with Crippen LogP contribution in [0.1, 0.15) is 43.0 Å². The maximum absolute atomic E-state index is 12.0. The Kier molecular flexibility index (Phi) is 8.24. The Morgan fingerprint density at radius 3 is 1.64 bits per heavy atom. The Morgan fingerprint density at radius 2 is 1.13 bits per heavy atom. The second-order valence-electron chi connectivity index (χ2n) is 11.4. The number of rotatable bonds is 11. The Balaban J connectivity index is 0.000000287. The predicted octanol–water partition coefficient (Wildman–Crippen LogP) is 4.50. The molecular weight excluding hydrogens is 492 g/mol. The van der Waals surface area contributed by atoms with Crippen LogP contribution in [0, 0.1) is 0 Å². The van der Waals surface area contributed by atoms with Gasteiger partial charge in [-0.25, -0.2) is 0 Å². The van der Waals surface area contributed by atoms with Crippen LogP contribution in [0.4, 0.5) is 0 Å². The van der Waals surface area contributed by atoms with Crippen molar-refractivity contribution in [1.29, 1.82) is 0 Å². The SMILES string of the molecule is C(OCC1CO1)C1CO1.CC(C)(c1ccccc1)C(C)(c1ccccc1)C(O)(O)c1ccccc1CC1CO1. The molecule has 6 rings (SSSR count). The lowest BCUT2D eigenvalue weighted by molar-refractivity contribution is -0.236. The number of aliphatic hydroxyl groups is 2. The highest BCUT2D eigenvalue weighted by Crippen LogP contribution is 2.54. The fraction of sp³-hybridized carbons (Fsp3) is 0.455. The first kappa shape index (κ1) is 28.0. The van der Waals surface area contributed by atoms with E-state index in [4.69, 9.17) is 18.9 Å². The van der Waals surface area contributed by atoms with Gasteiger partial charge < -0.3 is 29.2 Å². The normalized spacial score (nSPS) is 23.3. The van der Waals surface area contributed by atoms with Gasteiger partial charge in [0, 0.05) is 17.4 Å². The molecule has 3 aliphatic heterocycles. The first-order valence-electron chi connectivity index (χ1n) is 13.8. The summed E-state index contributed by atoms with van der Waals surface area (Å²) in [5.41, 5.74) is 1.74. The zero-order chi connectivity index (χ0) is 27.5. The highest BCUT2D eigenvalue weighted by atomic mass is 16.6. The maximum atomic E-state index is 12.0. The molecule has 39 heavy (non-hydrogen) atoms. The van der Waals surface area contributed by atoms with Gasteiger partial charge in [0.25, 0.3) is 0 Å². The highest BCUT2D eigenvalue weighted by Gasteiger charge is 2.58. The van der Waals surface area contributed by atoms with Crippen LogP contribution in [-0.2, 0) is 42.0 Å². The first-order chi connectivity index (χ1) is 18.7. The number of hydrogen-bond donors (Lipinski definition) is 2. The standard InChI is InChI=1S/C27H30O3.C6H10O3/c1-25(2,21-13-6-4-7-14-21)26(3,22-15-8-5-9-16-22)27(28,29)24-17-11-10-12-20(24)18-23-19-30-23;1(5-3-8-5)7-2-6-4-9-6/h4-17,23,28-29H,18-19H2,1-3H3;5-6H,1-4H2. The molecule has 0 aliphatic carbocycles. The maximum Gasteiger partial charge on any atom is 0.200 e. The predicted molar refractivity (Wildman–Crippen MR) is 150 cm³/mol. The van der Waals surface area contributed by atoms with Gasteiger partial charge in [-0.3, -0.25) is 0 Å². The van der Waals surface area contributed by atoms with Gasteiger partial charge in [-0.2, -0.15) is 0 Å². The molecule has 6 heteroatoms. The van der Waals surface area contributed by atoms with Crippen LogP contribution >= 0.6 is 0 Å². The van der Waals surface area contributed by atoms with Gasteiger partial charge in [-0.05, 0) is 23.6 Å². The van der Waals surface area contributed by atoms with E-state index in [-0.39, 0.29) is 6.10 Å². The quantitative estimate of drug-likeness (QED) is 0.279. The van der Waals surface area contributed by atoms with Crippen LogP contribution in [0.2, 0.25) is 0 Å². The fourth-order valence-electron chi connectivity index (χ4n) is 5.31. The van der Waals surface area contributed by atoms with Gasteiger partial charge in [-0.15, -0.1) is 0 Å². The summed E-state index contributed by atoms with van der Waals surface area (Å²) in [6, 6.07) is 27.5. The van der Waals surface area contributed by atoms with E-state index >= 15 is 0 Å². The van der Waals surface area contributed by atoms with E-state index in [1.807, 2.05) is 79.7 Å². The van der Waals surface area contributed by atoms with Crippen molar-refractivity contribution in [2.24, 2.45) is 0 Å². The Hall–Kier alpha value is -2.58. The van der Waals surface area contributed by atoms with E-state index in [1.54, 1.807) is 0 Å². The summed E-state index contributed by atoms with van der Waals surface area (Å²) in [5, 5.41) is 24.0. The van der Waals surface area contributed by atoms with Crippen molar-refractivity contribution >= 4 is 0 Å². The second kappa shape index (κ2) is 11.5. The summed E-state index contributed by atoms with van der Waals surface area (Å²) >= 11 is 0. The first-order valence-corrected chi connectivity index (χ1v) is 13.8. The third-order valence-corrected chi connectivity index (χ3v) is 8.45. The lowest BCUT2D eigenvalue weighted by Gasteiger charge is -2.52. The molecule has 3 heterocycles. The average Bonchev–Trinajstić information content (AvgIpc) is 3.79. The monoisotopic (exact) mass is 532 g/mol. The molecule has 0 saturated carbocycles. The molecule has 3 saturated heterocycles. The minimum Gasteiger partial charge on any atom is -0.376 e. The highest BCUT2D eigenvalue weighted by molar-refractivity contribution is 5.44. The van der Waals surface area contributed by atoms with Crippen molar-refractivity contribution in [2.45, 2.75) is 62.1 Å². The van der Waals surface area contributed by atoms with Crippen molar-refractivity contribution in [2.75, 3.05) is 33.0 Å². The van der Waals surface area contributed by atoms with Crippen LogP contribution in [0.25, 0.3) is 0 Å². The van der Waals surface area contributed by atoms with Crippen LogP contribution in [-0.4, -0.2) is 61.6 Å². The molecule has 0 radical (unpaired) electrons.